The van der Waals surface area contributed by atoms with E-state index in [0.717, 1.165) is 14.8 Å². The largest absolute Gasteiger partial charge is 0.387 e. The van der Waals surface area contributed by atoms with Crippen molar-refractivity contribution in [2.75, 3.05) is 5.75 Å². The smallest absolute Gasteiger partial charge is 0.0990 e. The third kappa shape index (κ3) is 3.63. The summed E-state index contributed by atoms with van der Waals surface area (Å²) in [6, 6.07) is 9.37. The summed E-state index contributed by atoms with van der Waals surface area (Å²) in [5, 5.41) is 13.2. The molecule has 1 unspecified atom stereocenters. The Hall–Kier alpha value is -0.190. The third-order valence-corrected chi connectivity index (χ3v) is 4.97. The van der Waals surface area contributed by atoms with Crippen LogP contribution in [0.3, 0.4) is 0 Å². The van der Waals surface area contributed by atoms with Gasteiger partial charge in [0, 0.05) is 15.7 Å². The Kier molecular flexibility index (Phi) is 4.77. The Bertz CT molecular complexity index is 482. The normalized spacial score (nSPS) is 12.6. The number of hydrogen-bond acceptors (Lipinski definition) is 3. The van der Waals surface area contributed by atoms with Gasteiger partial charge in [0.1, 0.15) is 0 Å². The maximum atomic E-state index is 9.99. The van der Waals surface area contributed by atoms with Crippen LogP contribution in [0.1, 0.15) is 11.0 Å². The molecule has 1 aromatic carbocycles. The number of benzene rings is 1. The van der Waals surface area contributed by atoms with Gasteiger partial charge in [-0.3, -0.25) is 0 Å². The van der Waals surface area contributed by atoms with E-state index in [9.17, 15) is 5.11 Å². The molecular weight excluding hydrogens is 295 g/mol. The molecule has 0 saturated heterocycles. The molecule has 2 aromatic rings. The van der Waals surface area contributed by atoms with Crippen molar-refractivity contribution in [3.63, 3.8) is 0 Å². The minimum Gasteiger partial charge on any atom is -0.387 e. The van der Waals surface area contributed by atoms with E-state index in [2.05, 4.69) is 0 Å². The number of thiophene rings is 1. The second-order valence-electron chi connectivity index (χ2n) is 3.41. The van der Waals surface area contributed by atoms with Crippen molar-refractivity contribution < 1.29 is 5.11 Å². The summed E-state index contributed by atoms with van der Waals surface area (Å²) in [6.45, 7) is 0. The lowest BCUT2D eigenvalue weighted by atomic mass is 10.3. The van der Waals surface area contributed by atoms with Gasteiger partial charge in [0.15, 0.2) is 0 Å². The van der Waals surface area contributed by atoms with Gasteiger partial charge in [-0.15, -0.1) is 23.1 Å². The molecule has 0 radical (unpaired) electrons. The predicted molar refractivity (Wildman–Crippen MR) is 76.5 cm³/mol. The van der Waals surface area contributed by atoms with Gasteiger partial charge < -0.3 is 5.11 Å². The zero-order valence-corrected chi connectivity index (χ0v) is 11.9. The molecule has 0 aliphatic heterocycles. The van der Waals surface area contributed by atoms with E-state index < -0.39 is 6.10 Å². The summed E-state index contributed by atoms with van der Waals surface area (Å²) < 4.78 is 0. The van der Waals surface area contributed by atoms with Crippen LogP contribution in [0.2, 0.25) is 10.0 Å². The number of rotatable bonds is 4. The maximum Gasteiger partial charge on any atom is 0.0990 e. The monoisotopic (exact) mass is 304 g/mol. The van der Waals surface area contributed by atoms with E-state index in [0.29, 0.717) is 10.8 Å². The van der Waals surface area contributed by atoms with E-state index in [1.807, 2.05) is 29.6 Å². The molecule has 0 saturated carbocycles. The summed E-state index contributed by atoms with van der Waals surface area (Å²) in [4.78, 5) is 1.91. The van der Waals surface area contributed by atoms with Crippen molar-refractivity contribution in [2.45, 2.75) is 11.0 Å². The van der Waals surface area contributed by atoms with Crippen LogP contribution in [-0.4, -0.2) is 10.9 Å². The van der Waals surface area contributed by atoms with Crippen LogP contribution in [0, 0.1) is 0 Å². The number of hydrogen-bond donors (Lipinski definition) is 1. The maximum absolute atomic E-state index is 9.99. The van der Waals surface area contributed by atoms with Crippen molar-refractivity contribution in [2.24, 2.45) is 0 Å². The lowest BCUT2D eigenvalue weighted by Gasteiger charge is -2.08. The van der Waals surface area contributed by atoms with Crippen LogP contribution in [0.15, 0.2) is 40.6 Å². The molecule has 0 fully saturated rings. The highest BCUT2D eigenvalue weighted by molar-refractivity contribution is 7.99. The minimum atomic E-state index is -0.525. The first-order chi connectivity index (χ1) is 8.16. The first-order valence-corrected chi connectivity index (χ1v) is 7.58. The molecule has 90 valence electrons. The summed E-state index contributed by atoms with van der Waals surface area (Å²) >= 11 is 14.8. The van der Waals surface area contributed by atoms with E-state index in [4.69, 9.17) is 23.2 Å². The summed E-state index contributed by atoms with van der Waals surface area (Å²) in [5.41, 5.74) is 0. The molecule has 0 bridgehead atoms. The Morgan fingerprint density at radius 1 is 1.18 bits per heavy atom. The average Bonchev–Trinajstić information content (AvgIpc) is 2.74. The average molecular weight is 305 g/mol. The van der Waals surface area contributed by atoms with Gasteiger partial charge >= 0.3 is 0 Å². The van der Waals surface area contributed by atoms with Crippen molar-refractivity contribution >= 4 is 46.3 Å². The predicted octanol–water partition coefficient (Wildman–Crippen LogP) is 4.88. The Morgan fingerprint density at radius 3 is 2.47 bits per heavy atom. The second kappa shape index (κ2) is 6.12. The van der Waals surface area contributed by atoms with Crippen molar-refractivity contribution in [3.8, 4) is 0 Å². The van der Waals surface area contributed by atoms with Gasteiger partial charge in [-0.25, -0.2) is 0 Å². The molecule has 0 aliphatic rings. The fourth-order valence-electron chi connectivity index (χ4n) is 1.32. The number of thioether (sulfide) groups is 1. The molecule has 1 heterocycles. The van der Waals surface area contributed by atoms with Crippen molar-refractivity contribution in [1.29, 1.82) is 0 Å². The SMILES string of the molecule is OC(CSc1ccc(Cl)cc1)c1sccc1Cl. The van der Waals surface area contributed by atoms with Crippen LogP contribution < -0.4 is 0 Å². The second-order valence-corrected chi connectivity index (χ2v) is 6.30. The van der Waals surface area contributed by atoms with Gasteiger partial charge in [0.2, 0.25) is 0 Å². The first-order valence-electron chi connectivity index (χ1n) is 4.96. The molecular formula is C12H10Cl2OS2. The van der Waals surface area contributed by atoms with Crippen molar-refractivity contribution in [1.82, 2.24) is 0 Å². The minimum absolute atomic E-state index is 0.525. The van der Waals surface area contributed by atoms with Gasteiger partial charge in [-0.1, -0.05) is 23.2 Å². The molecule has 1 N–H and O–H groups in total. The molecule has 0 aliphatic carbocycles. The molecule has 1 aromatic heterocycles. The quantitative estimate of drug-likeness (QED) is 0.812. The molecule has 5 heteroatoms. The zero-order valence-electron chi connectivity index (χ0n) is 8.77. The van der Waals surface area contributed by atoms with E-state index >= 15 is 0 Å². The zero-order chi connectivity index (χ0) is 12.3. The fraction of sp³-hybridized carbons (Fsp3) is 0.167. The summed E-state index contributed by atoms with van der Waals surface area (Å²) in [6.07, 6.45) is -0.525. The van der Waals surface area contributed by atoms with Crippen molar-refractivity contribution in [3.05, 3.63) is 50.6 Å². The van der Waals surface area contributed by atoms with Crippen LogP contribution in [-0.2, 0) is 0 Å². The number of aliphatic hydroxyl groups excluding tert-OH is 1. The van der Waals surface area contributed by atoms with E-state index in [-0.39, 0.29) is 0 Å². The summed E-state index contributed by atoms with van der Waals surface area (Å²) in [5.74, 6) is 0.585. The van der Waals surface area contributed by atoms with E-state index in [1.165, 1.54) is 11.3 Å². The Morgan fingerprint density at radius 2 is 1.88 bits per heavy atom. The molecule has 2 rings (SSSR count). The lowest BCUT2D eigenvalue weighted by Crippen LogP contribution is -1.98. The van der Waals surface area contributed by atoms with Crippen LogP contribution in [0.5, 0.6) is 0 Å². The highest BCUT2D eigenvalue weighted by atomic mass is 35.5. The highest BCUT2D eigenvalue weighted by Gasteiger charge is 2.13. The van der Waals surface area contributed by atoms with E-state index in [1.54, 1.807) is 17.8 Å². The molecule has 1 atom stereocenters. The fourth-order valence-corrected chi connectivity index (χ4v) is 3.57. The molecule has 1 nitrogen and oxygen atoms in total. The van der Waals surface area contributed by atoms with Gasteiger partial charge in [0.25, 0.3) is 0 Å². The Labute approximate surface area is 118 Å². The van der Waals surface area contributed by atoms with Crippen LogP contribution >= 0.6 is 46.3 Å². The van der Waals surface area contributed by atoms with Crippen LogP contribution in [0.25, 0.3) is 0 Å². The number of halogens is 2. The third-order valence-electron chi connectivity index (χ3n) is 2.17. The molecule has 0 amide bonds. The first kappa shape index (κ1) is 13.2. The highest BCUT2D eigenvalue weighted by Crippen LogP contribution is 2.32. The number of aliphatic hydroxyl groups is 1. The topological polar surface area (TPSA) is 20.2 Å². The van der Waals surface area contributed by atoms with Gasteiger partial charge in [-0.2, -0.15) is 0 Å². The van der Waals surface area contributed by atoms with Crippen LogP contribution in [0.4, 0.5) is 0 Å². The van der Waals surface area contributed by atoms with Gasteiger partial charge in [-0.05, 0) is 35.7 Å². The Balaban J connectivity index is 1.94. The standard InChI is InChI=1S/C12H10Cl2OS2/c13-8-1-3-9(4-2-8)17-7-11(15)12-10(14)5-6-16-12/h1-6,11,15H,7H2. The lowest BCUT2D eigenvalue weighted by molar-refractivity contribution is 0.208. The molecule has 0 spiro atoms. The van der Waals surface area contributed by atoms with Gasteiger partial charge in [0.05, 0.1) is 16.0 Å². The summed E-state index contributed by atoms with van der Waals surface area (Å²) in [7, 11) is 0. The molecule has 17 heavy (non-hydrogen) atoms.